The molecule has 0 saturated heterocycles. The average molecular weight is 268 g/mol. The molecule has 0 aliphatic rings. The number of anilines is 1. The number of nitrogens with zero attached hydrogens (tertiary/aromatic N) is 1. The Morgan fingerprint density at radius 2 is 2.00 bits per heavy atom. The largest absolute Gasteiger partial charge is 0.493 e. The van der Waals surface area contributed by atoms with Crippen LogP contribution in [0.5, 0.6) is 5.75 Å². The molecule has 0 radical (unpaired) electrons. The number of nitrogens with one attached hydrogen (secondary N) is 2. The van der Waals surface area contributed by atoms with E-state index >= 15 is 0 Å². The fourth-order valence-electron chi connectivity index (χ4n) is 2.05. The number of aromatic amines is 1. The SMILES string of the molecule is NNc1ccc2nc(CCOc3ccccc3)[nH]c2c1. The van der Waals surface area contributed by atoms with E-state index in [9.17, 15) is 0 Å². The van der Waals surface area contributed by atoms with Crippen LogP contribution in [0.25, 0.3) is 11.0 Å². The number of hydrogen-bond acceptors (Lipinski definition) is 4. The predicted octanol–water partition coefficient (Wildman–Crippen LogP) is 2.47. The van der Waals surface area contributed by atoms with Gasteiger partial charge in [0.05, 0.1) is 23.3 Å². The summed E-state index contributed by atoms with van der Waals surface area (Å²) >= 11 is 0. The number of imidazole rings is 1. The van der Waals surface area contributed by atoms with Crippen molar-refractivity contribution in [3.63, 3.8) is 0 Å². The molecule has 20 heavy (non-hydrogen) atoms. The van der Waals surface area contributed by atoms with Gasteiger partial charge in [0.25, 0.3) is 0 Å². The van der Waals surface area contributed by atoms with Crippen LogP contribution in [0, 0.1) is 0 Å². The van der Waals surface area contributed by atoms with Gasteiger partial charge in [-0.15, -0.1) is 0 Å². The van der Waals surface area contributed by atoms with Gasteiger partial charge in [-0.1, -0.05) is 18.2 Å². The van der Waals surface area contributed by atoms with Crippen LogP contribution in [0.1, 0.15) is 5.82 Å². The molecule has 0 saturated carbocycles. The first-order valence-corrected chi connectivity index (χ1v) is 6.48. The highest BCUT2D eigenvalue weighted by atomic mass is 16.5. The normalized spacial score (nSPS) is 10.7. The van der Waals surface area contributed by atoms with E-state index in [1.807, 2.05) is 48.5 Å². The van der Waals surface area contributed by atoms with Crippen molar-refractivity contribution in [3.05, 3.63) is 54.4 Å². The van der Waals surface area contributed by atoms with Crippen LogP contribution in [0.4, 0.5) is 5.69 Å². The molecule has 0 fully saturated rings. The Morgan fingerprint density at radius 3 is 2.80 bits per heavy atom. The lowest BCUT2D eigenvalue weighted by molar-refractivity contribution is 0.319. The van der Waals surface area contributed by atoms with Crippen molar-refractivity contribution in [2.75, 3.05) is 12.0 Å². The molecule has 2 aromatic carbocycles. The van der Waals surface area contributed by atoms with Gasteiger partial charge in [0.15, 0.2) is 0 Å². The van der Waals surface area contributed by atoms with Gasteiger partial charge in [-0.25, -0.2) is 4.98 Å². The molecule has 5 heteroatoms. The lowest BCUT2D eigenvalue weighted by Gasteiger charge is -2.03. The van der Waals surface area contributed by atoms with Crippen LogP contribution in [-0.2, 0) is 6.42 Å². The third-order valence-electron chi connectivity index (χ3n) is 3.05. The van der Waals surface area contributed by atoms with E-state index in [4.69, 9.17) is 10.6 Å². The molecule has 0 aliphatic carbocycles. The average Bonchev–Trinajstić information content (AvgIpc) is 2.90. The van der Waals surface area contributed by atoms with Gasteiger partial charge in [-0.05, 0) is 30.3 Å². The summed E-state index contributed by atoms with van der Waals surface area (Å²) in [6.45, 7) is 0.589. The first-order valence-electron chi connectivity index (χ1n) is 6.48. The number of benzene rings is 2. The Bertz CT molecular complexity index is 693. The third-order valence-corrected chi connectivity index (χ3v) is 3.05. The monoisotopic (exact) mass is 268 g/mol. The van der Waals surface area contributed by atoms with Gasteiger partial charge in [-0.2, -0.15) is 0 Å². The highest BCUT2D eigenvalue weighted by Gasteiger charge is 2.04. The maximum Gasteiger partial charge on any atom is 0.119 e. The number of aromatic nitrogens is 2. The molecule has 3 aromatic rings. The van der Waals surface area contributed by atoms with Crippen molar-refractivity contribution >= 4 is 16.7 Å². The van der Waals surface area contributed by atoms with Crippen molar-refractivity contribution in [2.24, 2.45) is 5.84 Å². The van der Waals surface area contributed by atoms with Crippen LogP contribution in [0.15, 0.2) is 48.5 Å². The number of nitrogens with two attached hydrogens (primary N) is 1. The number of nitrogen functional groups attached to an aromatic ring is 1. The van der Waals surface area contributed by atoms with Crippen LogP contribution >= 0.6 is 0 Å². The molecule has 0 amide bonds. The third kappa shape index (κ3) is 2.73. The van der Waals surface area contributed by atoms with E-state index < -0.39 is 0 Å². The van der Waals surface area contributed by atoms with Crippen molar-refractivity contribution < 1.29 is 4.74 Å². The topological polar surface area (TPSA) is 76.0 Å². The molecule has 5 nitrogen and oxygen atoms in total. The zero-order valence-electron chi connectivity index (χ0n) is 11.0. The molecule has 4 N–H and O–H groups in total. The first-order chi connectivity index (χ1) is 9.85. The molecular formula is C15H16N4O. The minimum absolute atomic E-state index is 0.589. The highest BCUT2D eigenvalue weighted by molar-refractivity contribution is 5.79. The van der Waals surface area contributed by atoms with Gasteiger partial charge in [-0.3, -0.25) is 5.84 Å². The van der Waals surface area contributed by atoms with E-state index in [0.717, 1.165) is 34.7 Å². The number of ether oxygens (including phenoxy) is 1. The number of hydrogen-bond donors (Lipinski definition) is 3. The van der Waals surface area contributed by atoms with E-state index in [-0.39, 0.29) is 0 Å². The Labute approximate surface area is 116 Å². The molecule has 0 aliphatic heterocycles. The molecular weight excluding hydrogens is 252 g/mol. The smallest absolute Gasteiger partial charge is 0.119 e. The van der Waals surface area contributed by atoms with E-state index in [1.54, 1.807) is 0 Å². The molecule has 1 aromatic heterocycles. The van der Waals surface area contributed by atoms with Crippen molar-refractivity contribution in [1.29, 1.82) is 0 Å². The quantitative estimate of drug-likeness (QED) is 0.491. The maximum atomic E-state index is 5.66. The fraction of sp³-hybridized carbons (Fsp3) is 0.133. The summed E-state index contributed by atoms with van der Waals surface area (Å²) in [6.07, 6.45) is 0.731. The molecule has 1 heterocycles. The number of H-pyrrole nitrogens is 1. The van der Waals surface area contributed by atoms with Crippen LogP contribution in [0.3, 0.4) is 0 Å². The van der Waals surface area contributed by atoms with E-state index in [0.29, 0.717) is 6.61 Å². The number of fused-ring (bicyclic) bond motifs is 1. The summed E-state index contributed by atoms with van der Waals surface area (Å²) in [7, 11) is 0. The molecule has 3 rings (SSSR count). The number of rotatable bonds is 5. The molecule has 0 atom stereocenters. The highest BCUT2D eigenvalue weighted by Crippen LogP contribution is 2.17. The van der Waals surface area contributed by atoms with Crippen LogP contribution in [-0.4, -0.2) is 16.6 Å². The van der Waals surface area contributed by atoms with Gasteiger partial charge in [0, 0.05) is 6.42 Å². The van der Waals surface area contributed by atoms with Crippen molar-refractivity contribution in [1.82, 2.24) is 9.97 Å². The second kappa shape index (κ2) is 5.63. The summed E-state index contributed by atoms with van der Waals surface area (Å²) in [5, 5.41) is 0. The summed E-state index contributed by atoms with van der Waals surface area (Å²) in [6, 6.07) is 15.5. The minimum atomic E-state index is 0.589. The molecule has 0 bridgehead atoms. The predicted molar refractivity (Wildman–Crippen MR) is 79.5 cm³/mol. The lowest BCUT2D eigenvalue weighted by Crippen LogP contribution is -2.05. The maximum absolute atomic E-state index is 5.66. The van der Waals surface area contributed by atoms with Crippen molar-refractivity contribution in [2.45, 2.75) is 6.42 Å². The molecule has 102 valence electrons. The van der Waals surface area contributed by atoms with Crippen LogP contribution < -0.4 is 16.0 Å². The van der Waals surface area contributed by atoms with Gasteiger partial charge < -0.3 is 15.1 Å². The number of hydrazine groups is 1. The first kappa shape index (κ1) is 12.5. The Morgan fingerprint density at radius 1 is 1.15 bits per heavy atom. The second-order valence-electron chi connectivity index (χ2n) is 4.47. The van der Waals surface area contributed by atoms with E-state index in [2.05, 4.69) is 15.4 Å². The second-order valence-corrected chi connectivity index (χ2v) is 4.47. The lowest BCUT2D eigenvalue weighted by atomic mass is 10.3. The summed E-state index contributed by atoms with van der Waals surface area (Å²) in [4.78, 5) is 7.79. The zero-order valence-corrected chi connectivity index (χ0v) is 11.0. The fourth-order valence-corrected chi connectivity index (χ4v) is 2.05. The van der Waals surface area contributed by atoms with Gasteiger partial charge in [0.2, 0.25) is 0 Å². The zero-order chi connectivity index (χ0) is 13.8. The summed E-state index contributed by atoms with van der Waals surface area (Å²) in [5.41, 5.74) is 5.37. The summed E-state index contributed by atoms with van der Waals surface area (Å²) in [5.74, 6) is 7.17. The van der Waals surface area contributed by atoms with E-state index in [1.165, 1.54) is 0 Å². The molecule has 0 spiro atoms. The van der Waals surface area contributed by atoms with Gasteiger partial charge >= 0.3 is 0 Å². The standard InChI is InChI=1S/C15H16N4O/c16-19-11-6-7-13-14(10-11)18-15(17-13)8-9-20-12-4-2-1-3-5-12/h1-7,10,19H,8-9,16H2,(H,17,18). The van der Waals surface area contributed by atoms with Crippen molar-refractivity contribution in [3.8, 4) is 5.75 Å². The number of para-hydroxylation sites is 1. The Balaban J connectivity index is 1.66. The Kier molecular flexibility index (Phi) is 3.52. The van der Waals surface area contributed by atoms with Gasteiger partial charge in [0.1, 0.15) is 11.6 Å². The summed E-state index contributed by atoms with van der Waals surface area (Å²) < 4.78 is 5.66. The minimum Gasteiger partial charge on any atom is -0.493 e. The molecule has 0 unspecified atom stereocenters. The Hall–Kier alpha value is -2.53. The van der Waals surface area contributed by atoms with Crippen LogP contribution in [0.2, 0.25) is 0 Å².